The van der Waals surface area contributed by atoms with E-state index >= 15 is 0 Å². The third-order valence-electron chi connectivity index (χ3n) is 3.31. The fourth-order valence-corrected chi connectivity index (χ4v) is 2.39. The molecular weight excluding hydrogens is 321 g/mol. The summed E-state index contributed by atoms with van der Waals surface area (Å²) in [5.41, 5.74) is -0.153. The van der Waals surface area contributed by atoms with Gasteiger partial charge in [0.25, 0.3) is 0 Å². The Morgan fingerprint density at radius 3 is 2.32 bits per heavy atom. The predicted octanol–water partition coefficient (Wildman–Crippen LogP) is 4.43. The molecule has 7 heteroatoms. The first kappa shape index (κ1) is 16.7. The first-order chi connectivity index (χ1) is 9.91. The SMILES string of the molecule is CC(C)(C)c1cc(Cl)c2c(c1)C=C(C(=O)O)C(C(F)(F)F)O2. The van der Waals surface area contributed by atoms with Crippen LogP contribution in [-0.4, -0.2) is 23.4 Å². The molecule has 0 amide bonds. The van der Waals surface area contributed by atoms with Gasteiger partial charge in [-0.1, -0.05) is 32.4 Å². The molecular formula is C15H14ClF3O3. The van der Waals surface area contributed by atoms with E-state index in [1.165, 1.54) is 6.07 Å². The van der Waals surface area contributed by atoms with Crippen LogP contribution in [0.4, 0.5) is 13.2 Å². The number of carboxylic acid groups (broad SMARTS) is 1. The summed E-state index contributed by atoms with van der Waals surface area (Å²) in [7, 11) is 0. The van der Waals surface area contributed by atoms with Crippen LogP contribution in [0.3, 0.4) is 0 Å². The van der Waals surface area contributed by atoms with Gasteiger partial charge in [-0.05, 0) is 29.2 Å². The summed E-state index contributed by atoms with van der Waals surface area (Å²) in [5, 5.41) is 9.04. The molecule has 0 aromatic heterocycles. The molecule has 1 aliphatic heterocycles. The van der Waals surface area contributed by atoms with Crippen molar-refractivity contribution >= 4 is 23.6 Å². The van der Waals surface area contributed by atoms with E-state index in [2.05, 4.69) is 0 Å². The zero-order valence-electron chi connectivity index (χ0n) is 12.1. The number of halogens is 4. The highest BCUT2D eigenvalue weighted by molar-refractivity contribution is 6.32. The molecule has 0 spiro atoms. The fourth-order valence-electron chi connectivity index (χ4n) is 2.12. The summed E-state index contributed by atoms with van der Waals surface area (Å²) in [6, 6.07) is 3.13. The zero-order chi connectivity index (χ0) is 16.9. The molecule has 1 aromatic rings. The number of ether oxygens (including phenoxy) is 1. The largest absolute Gasteiger partial charge is 0.478 e. The van der Waals surface area contributed by atoms with Crippen molar-refractivity contribution in [2.75, 3.05) is 0 Å². The van der Waals surface area contributed by atoms with E-state index in [0.717, 1.165) is 11.6 Å². The number of hydrogen-bond acceptors (Lipinski definition) is 2. The molecule has 1 atom stereocenters. The summed E-state index contributed by atoms with van der Waals surface area (Å²) in [5.74, 6) is -1.83. The molecule has 3 nitrogen and oxygen atoms in total. The minimum atomic E-state index is -4.84. The van der Waals surface area contributed by atoms with Crippen molar-refractivity contribution in [1.82, 2.24) is 0 Å². The summed E-state index contributed by atoms with van der Waals surface area (Å²) < 4.78 is 43.8. The number of benzene rings is 1. The first-order valence-corrected chi connectivity index (χ1v) is 6.81. The van der Waals surface area contributed by atoms with Crippen molar-refractivity contribution in [3.63, 3.8) is 0 Å². The Morgan fingerprint density at radius 2 is 1.86 bits per heavy atom. The number of carbonyl (C=O) groups is 1. The van der Waals surface area contributed by atoms with Gasteiger partial charge in [0.05, 0.1) is 10.6 Å². The molecule has 1 heterocycles. The topological polar surface area (TPSA) is 46.5 Å². The highest BCUT2D eigenvalue weighted by atomic mass is 35.5. The summed E-state index contributed by atoms with van der Waals surface area (Å²) in [4.78, 5) is 11.1. The van der Waals surface area contributed by atoms with Crippen molar-refractivity contribution in [2.24, 2.45) is 0 Å². The van der Waals surface area contributed by atoms with E-state index < -0.39 is 23.8 Å². The van der Waals surface area contributed by atoms with Gasteiger partial charge in [0.1, 0.15) is 5.75 Å². The van der Waals surface area contributed by atoms with E-state index in [1.54, 1.807) is 6.07 Å². The Balaban J connectivity index is 2.64. The second kappa shape index (κ2) is 5.19. The van der Waals surface area contributed by atoms with Gasteiger partial charge >= 0.3 is 12.1 Å². The van der Waals surface area contributed by atoms with Crippen LogP contribution in [0, 0.1) is 0 Å². The van der Waals surface area contributed by atoms with Gasteiger partial charge < -0.3 is 9.84 Å². The lowest BCUT2D eigenvalue weighted by atomic mass is 9.85. The van der Waals surface area contributed by atoms with Crippen LogP contribution in [0.2, 0.25) is 5.02 Å². The molecule has 0 aliphatic carbocycles. The monoisotopic (exact) mass is 334 g/mol. The Labute approximate surface area is 130 Å². The standard InChI is InChI=1S/C15H14ClF3O3/c1-14(2,3)8-4-7-5-9(13(20)21)12(15(17,18)19)22-11(7)10(16)6-8/h4-6,12H,1-3H3,(H,20,21). The van der Waals surface area contributed by atoms with Gasteiger partial charge in [0.15, 0.2) is 0 Å². The number of carboxylic acids is 1. The maximum atomic E-state index is 13.0. The lowest BCUT2D eigenvalue weighted by Gasteiger charge is -2.29. The van der Waals surface area contributed by atoms with Gasteiger partial charge in [-0.2, -0.15) is 13.2 Å². The molecule has 1 aliphatic rings. The fraction of sp³-hybridized carbons (Fsp3) is 0.400. The molecule has 1 N–H and O–H groups in total. The molecule has 0 saturated carbocycles. The molecule has 22 heavy (non-hydrogen) atoms. The second-order valence-electron chi connectivity index (χ2n) is 6.07. The average molecular weight is 335 g/mol. The highest BCUT2D eigenvalue weighted by Crippen LogP contribution is 2.43. The van der Waals surface area contributed by atoms with E-state index in [1.807, 2.05) is 20.8 Å². The van der Waals surface area contributed by atoms with Crippen LogP contribution < -0.4 is 4.74 Å². The maximum absolute atomic E-state index is 13.0. The summed E-state index contributed by atoms with van der Waals surface area (Å²) in [6.07, 6.45) is -6.40. The third-order valence-corrected chi connectivity index (χ3v) is 3.59. The second-order valence-corrected chi connectivity index (χ2v) is 6.48. The molecule has 0 bridgehead atoms. The van der Waals surface area contributed by atoms with Gasteiger partial charge in [0.2, 0.25) is 6.10 Å². The van der Waals surface area contributed by atoms with E-state index in [9.17, 15) is 18.0 Å². The third kappa shape index (κ3) is 3.06. The summed E-state index contributed by atoms with van der Waals surface area (Å²) >= 11 is 6.03. The van der Waals surface area contributed by atoms with Crippen molar-refractivity contribution < 1.29 is 27.8 Å². The molecule has 1 aromatic carbocycles. The quantitative estimate of drug-likeness (QED) is 0.826. The molecule has 1 unspecified atom stereocenters. The highest BCUT2D eigenvalue weighted by Gasteiger charge is 2.48. The lowest BCUT2D eigenvalue weighted by molar-refractivity contribution is -0.187. The van der Waals surface area contributed by atoms with Crippen molar-refractivity contribution in [3.05, 3.63) is 33.9 Å². The first-order valence-electron chi connectivity index (χ1n) is 6.43. The van der Waals surface area contributed by atoms with Crippen molar-refractivity contribution in [2.45, 2.75) is 38.5 Å². The van der Waals surface area contributed by atoms with Crippen LogP contribution in [0.5, 0.6) is 5.75 Å². The normalized spacial score (nSPS) is 18.3. The van der Waals surface area contributed by atoms with Crippen LogP contribution in [0.15, 0.2) is 17.7 Å². The minimum Gasteiger partial charge on any atom is -0.478 e. The number of hydrogen-bond donors (Lipinski definition) is 1. The van der Waals surface area contributed by atoms with Gasteiger partial charge in [0, 0.05) is 5.56 Å². The van der Waals surface area contributed by atoms with Crippen LogP contribution in [-0.2, 0) is 10.2 Å². The molecule has 0 saturated heterocycles. The van der Waals surface area contributed by atoms with Gasteiger partial charge in [-0.15, -0.1) is 0 Å². The Bertz CT molecular complexity index is 657. The minimum absolute atomic E-state index is 0.0253. The number of alkyl halides is 3. The number of fused-ring (bicyclic) bond motifs is 1. The Hall–Kier alpha value is -1.69. The maximum Gasteiger partial charge on any atom is 0.430 e. The van der Waals surface area contributed by atoms with E-state index in [0.29, 0.717) is 0 Å². The smallest absolute Gasteiger partial charge is 0.430 e. The molecule has 0 fully saturated rings. The predicted molar refractivity (Wildman–Crippen MR) is 76.2 cm³/mol. The molecule has 2 rings (SSSR count). The van der Waals surface area contributed by atoms with Crippen molar-refractivity contribution in [3.8, 4) is 5.75 Å². The lowest BCUT2D eigenvalue weighted by Crippen LogP contribution is -2.40. The Kier molecular flexibility index (Phi) is 3.94. The van der Waals surface area contributed by atoms with Gasteiger partial charge in [-0.3, -0.25) is 0 Å². The molecule has 120 valence electrons. The molecule has 0 radical (unpaired) electrons. The van der Waals surface area contributed by atoms with E-state index in [4.69, 9.17) is 21.4 Å². The average Bonchev–Trinajstić information content (AvgIpc) is 2.34. The Morgan fingerprint density at radius 1 is 1.27 bits per heavy atom. The van der Waals surface area contributed by atoms with Crippen LogP contribution in [0.25, 0.3) is 6.08 Å². The number of aliphatic carboxylic acids is 1. The van der Waals surface area contributed by atoms with Crippen LogP contribution in [0.1, 0.15) is 31.9 Å². The van der Waals surface area contributed by atoms with Crippen LogP contribution >= 0.6 is 11.6 Å². The van der Waals surface area contributed by atoms with Crippen molar-refractivity contribution in [1.29, 1.82) is 0 Å². The number of rotatable bonds is 1. The van der Waals surface area contributed by atoms with Gasteiger partial charge in [-0.25, -0.2) is 4.79 Å². The van der Waals surface area contributed by atoms with E-state index in [-0.39, 0.29) is 21.8 Å². The zero-order valence-corrected chi connectivity index (χ0v) is 12.8. The summed E-state index contributed by atoms with van der Waals surface area (Å²) in [6.45, 7) is 5.74.